The lowest BCUT2D eigenvalue weighted by atomic mass is 9.87. The minimum absolute atomic E-state index is 1.10. The summed E-state index contributed by atoms with van der Waals surface area (Å²) in [6, 6.07) is 75.9. The summed E-state index contributed by atoms with van der Waals surface area (Å²) < 4.78 is 0. The molecule has 0 amide bonds. The summed E-state index contributed by atoms with van der Waals surface area (Å²) in [7, 11) is 0. The predicted octanol–water partition coefficient (Wildman–Crippen LogP) is 13.5. The maximum absolute atomic E-state index is 2.35. The van der Waals surface area contributed by atoms with E-state index >= 15 is 0 Å². The highest BCUT2D eigenvalue weighted by Gasteiger charge is 2.18. The van der Waals surface area contributed by atoms with Gasteiger partial charge in [-0.3, -0.25) is 0 Å². The van der Waals surface area contributed by atoms with Crippen LogP contribution in [0.25, 0.3) is 55.6 Å². The fourth-order valence-corrected chi connectivity index (χ4v) is 6.83. The third-order valence-corrected chi connectivity index (χ3v) is 9.13. The molecule has 1 heteroatoms. The average Bonchev–Trinajstić information content (AvgIpc) is 3.20. The number of anilines is 3. The molecule has 8 aromatic rings. The molecule has 0 heterocycles. The fraction of sp³-hybridized carbons (Fsp3) is 0. The van der Waals surface area contributed by atoms with Gasteiger partial charge in [-0.05, 0) is 80.4 Å². The van der Waals surface area contributed by atoms with Crippen LogP contribution in [0.3, 0.4) is 0 Å². The molecule has 0 aliphatic carbocycles. The van der Waals surface area contributed by atoms with Crippen molar-refractivity contribution in [2.75, 3.05) is 4.90 Å². The molecule has 0 atom stereocenters. The minimum Gasteiger partial charge on any atom is -0.310 e. The van der Waals surface area contributed by atoms with Crippen LogP contribution in [0.1, 0.15) is 0 Å². The Kier molecular flexibility index (Phi) is 8.39. The van der Waals surface area contributed by atoms with Gasteiger partial charge >= 0.3 is 0 Å². The summed E-state index contributed by atoms with van der Waals surface area (Å²) in [5, 5.41) is 0. The zero-order valence-corrected chi connectivity index (χ0v) is 27.2. The minimum atomic E-state index is 1.10. The average molecular weight is 626 g/mol. The van der Waals surface area contributed by atoms with Crippen LogP contribution in [0.4, 0.5) is 17.1 Å². The largest absolute Gasteiger partial charge is 0.310 e. The summed E-state index contributed by atoms with van der Waals surface area (Å²) >= 11 is 0. The fourth-order valence-electron chi connectivity index (χ4n) is 6.83. The van der Waals surface area contributed by atoms with Crippen molar-refractivity contribution < 1.29 is 0 Å². The number of benzene rings is 8. The zero-order chi connectivity index (χ0) is 32.8. The molecular weight excluding hydrogens is 591 g/mol. The highest BCUT2D eigenvalue weighted by molar-refractivity contribution is 5.96. The second kappa shape index (κ2) is 13.7. The van der Waals surface area contributed by atoms with Crippen LogP contribution in [0.2, 0.25) is 0 Å². The van der Waals surface area contributed by atoms with E-state index in [1.165, 1.54) is 55.6 Å². The van der Waals surface area contributed by atoms with E-state index in [9.17, 15) is 0 Å². The third-order valence-electron chi connectivity index (χ3n) is 9.13. The smallest absolute Gasteiger partial charge is 0.0540 e. The molecule has 49 heavy (non-hydrogen) atoms. The molecular formula is C48H35N. The number of nitrogens with zero attached hydrogens (tertiary/aromatic N) is 1. The number of hydrogen-bond acceptors (Lipinski definition) is 1. The monoisotopic (exact) mass is 625 g/mol. The van der Waals surface area contributed by atoms with Crippen LogP contribution < -0.4 is 4.90 Å². The second-order valence-electron chi connectivity index (χ2n) is 12.1. The first kappa shape index (κ1) is 29.9. The lowest BCUT2D eigenvalue weighted by Crippen LogP contribution is -2.11. The van der Waals surface area contributed by atoms with Gasteiger partial charge in [-0.2, -0.15) is 0 Å². The third kappa shape index (κ3) is 6.06. The molecule has 0 fully saturated rings. The SMILES string of the molecule is c1ccc(-c2ccccc2-c2ccccc2-c2ccccc2-c2ccc(N(c3ccccc3)c3ccccc3-c3ccccc3)cc2)cc1. The molecule has 232 valence electrons. The molecule has 1 nitrogen and oxygen atoms in total. The van der Waals surface area contributed by atoms with Crippen molar-refractivity contribution in [3.05, 3.63) is 212 Å². The highest BCUT2D eigenvalue weighted by Crippen LogP contribution is 2.44. The van der Waals surface area contributed by atoms with Crippen LogP contribution in [-0.4, -0.2) is 0 Å². The quantitative estimate of drug-likeness (QED) is 0.162. The van der Waals surface area contributed by atoms with E-state index in [4.69, 9.17) is 0 Å². The van der Waals surface area contributed by atoms with Crippen LogP contribution in [0.15, 0.2) is 212 Å². The Morgan fingerprint density at radius 3 is 1.00 bits per heavy atom. The lowest BCUT2D eigenvalue weighted by molar-refractivity contribution is 1.28. The molecule has 0 spiro atoms. The highest BCUT2D eigenvalue weighted by atomic mass is 15.1. The Morgan fingerprint density at radius 1 is 0.204 bits per heavy atom. The predicted molar refractivity (Wildman–Crippen MR) is 208 cm³/mol. The molecule has 8 aromatic carbocycles. The van der Waals surface area contributed by atoms with Gasteiger partial charge in [0, 0.05) is 16.9 Å². The summed E-state index contributed by atoms with van der Waals surface area (Å²) in [6.07, 6.45) is 0. The van der Waals surface area contributed by atoms with Gasteiger partial charge in [-0.1, -0.05) is 182 Å². The Bertz CT molecular complexity index is 2310. The van der Waals surface area contributed by atoms with Gasteiger partial charge in [-0.15, -0.1) is 0 Å². The Labute approximate surface area is 289 Å². The number of para-hydroxylation sites is 2. The molecule has 0 N–H and O–H groups in total. The van der Waals surface area contributed by atoms with Gasteiger partial charge < -0.3 is 4.90 Å². The van der Waals surface area contributed by atoms with Gasteiger partial charge in [0.1, 0.15) is 0 Å². The van der Waals surface area contributed by atoms with Crippen molar-refractivity contribution in [1.29, 1.82) is 0 Å². The topological polar surface area (TPSA) is 3.24 Å². The molecule has 0 radical (unpaired) electrons. The van der Waals surface area contributed by atoms with Gasteiger partial charge in [0.2, 0.25) is 0 Å². The lowest BCUT2D eigenvalue weighted by Gasteiger charge is -2.28. The molecule has 0 saturated carbocycles. The van der Waals surface area contributed by atoms with E-state index in [-0.39, 0.29) is 0 Å². The van der Waals surface area contributed by atoms with Crippen molar-refractivity contribution in [3.8, 4) is 55.6 Å². The first-order valence-corrected chi connectivity index (χ1v) is 16.8. The van der Waals surface area contributed by atoms with Gasteiger partial charge in [0.15, 0.2) is 0 Å². The van der Waals surface area contributed by atoms with E-state index in [0.717, 1.165) is 17.1 Å². The first-order valence-electron chi connectivity index (χ1n) is 16.8. The maximum Gasteiger partial charge on any atom is 0.0540 e. The molecule has 0 aliphatic rings. The maximum atomic E-state index is 2.35. The molecule has 0 aromatic heterocycles. The Hall–Kier alpha value is -6.44. The van der Waals surface area contributed by atoms with Crippen LogP contribution in [-0.2, 0) is 0 Å². The second-order valence-corrected chi connectivity index (χ2v) is 12.1. The normalized spacial score (nSPS) is 10.9. The number of hydrogen-bond donors (Lipinski definition) is 0. The molecule has 0 bridgehead atoms. The Balaban J connectivity index is 1.22. The van der Waals surface area contributed by atoms with Crippen LogP contribution in [0.5, 0.6) is 0 Å². The van der Waals surface area contributed by atoms with Crippen molar-refractivity contribution in [1.82, 2.24) is 0 Å². The standard InChI is InChI=1S/C48H35N/c1-4-18-36(19-5-1)41-24-10-12-27-44(41)46-29-14-15-30-47(46)45-28-13-11-25-42(45)38-32-34-40(35-33-38)49(39-22-8-3-9-23-39)48-31-17-16-26-43(48)37-20-6-2-7-21-37/h1-35H. The van der Waals surface area contributed by atoms with Crippen molar-refractivity contribution in [3.63, 3.8) is 0 Å². The van der Waals surface area contributed by atoms with Crippen molar-refractivity contribution in [2.24, 2.45) is 0 Å². The van der Waals surface area contributed by atoms with Crippen molar-refractivity contribution >= 4 is 17.1 Å². The molecule has 0 unspecified atom stereocenters. The van der Waals surface area contributed by atoms with E-state index in [1.54, 1.807) is 0 Å². The summed E-state index contributed by atoms with van der Waals surface area (Å²) in [4.78, 5) is 2.35. The van der Waals surface area contributed by atoms with E-state index in [0.29, 0.717) is 0 Å². The van der Waals surface area contributed by atoms with Gasteiger partial charge in [-0.25, -0.2) is 0 Å². The number of rotatable bonds is 8. The van der Waals surface area contributed by atoms with Gasteiger partial charge in [0.05, 0.1) is 5.69 Å². The molecule has 0 aliphatic heterocycles. The first-order chi connectivity index (χ1) is 24.3. The van der Waals surface area contributed by atoms with Crippen molar-refractivity contribution in [2.45, 2.75) is 0 Å². The zero-order valence-electron chi connectivity index (χ0n) is 27.2. The van der Waals surface area contributed by atoms with E-state index in [1.807, 2.05) is 0 Å². The summed E-state index contributed by atoms with van der Waals surface area (Å²) in [5.74, 6) is 0. The van der Waals surface area contributed by atoms with Gasteiger partial charge in [0.25, 0.3) is 0 Å². The molecule has 8 rings (SSSR count). The van der Waals surface area contributed by atoms with E-state index < -0.39 is 0 Å². The summed E-state index contributed by atoms with van der Waals surface area (Å²) in [5.41, 5.74) is 15.4. The molecule has 0 saturated heterocycles. The van der Waals surface area contributed by atoms with Crippen LogP contribution >= 0.6 is 0 Å². The summed E-state index contributed by atoms with van der Waals surface area (Å²) in [6.45, 7) is 0. The van der Waals surface area contributed by atoms with E-state index in [2.05, 4.69) is 217 Å². The van der Waals surface area contributed by atoms with Crippen LogP contribution in [0, 0.1) is 0 Å². The Morgan fingerprint density at radius 2 is 0.510 bits per heavy atom.